The molecule has 1 aromatic heterocycles. The Labute approximate surface area is 142 Å². The predicted octanol–water partition coefficient (Wildman–Crippen LogP) is 2.60. The summed E-state index contributed by atoms with van der Waals surface area (Å²) in [6.07, 6.45) is 3.82. The molecule has 2 aliphatic rings. The Morgan fingerprint density at radius 3 is 2.62 bits per heavy atom. The zero-order valence-electron chi connectivity index (χ0n) is 14.2. The largest absolute Gasteiger partial charge is 0.497 e. The van der Waals surface area contributed by atoms with Crippen LogP contribution >= 0.6 is 0 Å². The van der Waals surface area contributed by atoms with Crippen molar-refractivity contribution in [2.75, 3.05) is 20.2 Å². The standard InChI is InChI=1S/C19H23N3O2/c1-13-11-16(13)19(23)21-8-7-18-20-12-17(22(18)10-9-21)14-3-5-15(24-2)6-4-14/h3-6,12-13,16H,7-11H2,1-2H3/t13-,16-/m1/s1. The number of ether oxygens (including phenoxy) is 1. The second-order valence-corrected chi connectivity index (χ2v) is 6.83. The summed E-state index contributed by atoms with van der Waals surface area (Å²) in [6.45, 7) is 4.52. The van der Waals surface area contributed by atoms with Crippen LogP contribution in [0.3, 0.4) is 0 Å². The number of hydrogen-bond donors (Lipinski definition) is 0. The van der Waals surface area contributed by atoms with Gasteiger partial charge in [-0.2, -0.15) is 0 Å². The zero-order valence-corrected chi connectivity index (χ0v) is 14.2. The summed E-state index contributed by atoms with van der Waals surface area (Å²) < 4.78 is 7.49. The van der Waals surface area contributed by atoms with Gasteiger partial charge in [0.05, 0.1) is 19.0 Å². The molecule has 0 bridgehead atoms. The number of imidazole rings is 1. The number of amides is 1. The molecular weight excluding hydrogens is 302 g/mol. The minimum atomic E-state index is 0.261. The molecular formula is C19H23N3O2. The third-order valence-corrected chi connectivity index (χ3v) is 5.26. The van der Waals surface area contributed by atoms with Crippen LogP contribution in [0.2, 0.25) is 0 Å². The summed E-state index contributed by atoms with van der Waals surface area (Å²) in [5.41, 5.74) is 2.24. The molecule has 1 aliphatic heterocycles. The van der Waals surface area contributed by atoms with E-state index in [9.17, 15) is 4.79 Å². The molecule has 2 atom stereocenters. The van der Waals surface area contributed by atoms with Crippen LogP contribution in [0, 0.1) is 11.8 Å². The van der Waals surface area contributed by atoms with Gasteiger partial charge in [0.15, 0.2) is 0 Å². The van der Waals surface area contributed by atoms with E-state index in [0.29, 0.717) is 11.8 Å². The van der Waals surface area contributed by atoms with Crippen molar-refractivity contribution in [3.63, 3.8) is 0 Å². The molecule has 2 heterocycles. The van der Waals surface area contributed by atoms with E-state index in [-0.39, 0.29) is 5.92 Å². The first-order valence-corrected chi connectivity index (χ1v) is 8.65. The van der Waals surface area contributed by atoms with Crippen LogP contribution in [0.1, 0.15) is 19.2 Å². The fourth-order valence-corrected chi connectivity index (χ4v) is 3.54. The molecule has 5 heteroatoms. The van der Waals surface area contributed by atoms with Crippen molar-refractivity contribution < 1.29 is 9.53 Å². The van der Waals surface area contributed by atoms with E-state index < -0.39 is 0 Å². The fourth-order valence-electron chi connectivity index (χ4n) is 3.54. The summed E-state index contributed by atoms with van der Waals surface area (Å²) >= 11 is 0. The number of rotatable bonds is 3. The lowest BCUT2D eigenvalue weighted by atomic mass is 10.1. The number of fused-ring (bicyclic) bond motifs is 1. The molecule has 24 heavy (non-hydrogen) atoms. The lowest BCUT2D eigenvalue weighted by molar-refractivity contribution is -0.132. The number of aromatic nitrogens is 2. The molecule has 4 rings (SSSR count). The third-order valence-electron chi connectivity index (χ3n) is 5.26. The van der Waals surface area contributed by atoms with Gasteiger partial charge in [0.1, 0.15) is 11.6 Å². The van der Waals surface area contributed by atoms with E-state index >= 15 is 0 Å². The van der Waals surface area contributed by atoms with Crippen LogP contribution in [-0.2, 0) is 17.8 Å². The molecule has 0 unspecified atom stereocenters. The average Bonchev–Trinajstić information content (AvgIpc) is 3.27. The van der Waals surface area contributed by atoms with Gasteiger partial charge >= 0.3 is 0 Å². The topological polar surface area (TPSA) is 47.4 Å². The van der Waals surface area contributed by atoms with Crippen molar-refractivity contribution in [2.45, 2.75) is 26.3 Å². The van der Waals surface area contributed by atoms with Gasteiger partial charge in [-0.3, -0.25) is 4.79 Å². The quantitative estimate of drug-likeness (QED) is 0.871. The van der Waals surface area contributed by atoms with Crippen LogP contribution in [-0.4, -0.2) is 40.6 Å². The summed E-state index contributed by atoms with van der Waals surface area (Å²) in [5, 5.41) is 0. The smallest absolute Gasteiger partial charge is 0.226 e. The Morgan fingerprint density at radius 1 is 1.21 bits per heavy atom. The van der Waals surface area contributed by atoms with E-state index in [0.717, 1.165) is 55.3 Å². The number of nitrogens with zero attached hydrogens (tertiary/aromatic N) is 3. The molecule has 1 aliphatic carbocycles. The molecule has 0 radical (unpaired) electrons. The van der Waals surface area contributed by atoms with Gasteiger partial charge in [-0.1, -0.05) is 6.92 Å². The van der Waals surface area contributed by atoms with Gasteiger partial charge in [-0.15, -0.1) is 0 Å². The second kappa shape index (κ2) is 5.96. The van der Waals surface area contributed by atoms with Crippen LogP contribution in [0.5, 0.6) is 5.75 Å². The molecule has 1 aromatic carbocycles. The van der Waals surface area contributed by atoms with Crippen LogP contribution in [0.25, 0.3) is 11.3 Å². The van der Waals surface area contributed by atoms with Gasteiger partial charge < -0.3 is 14.2 Å². The maximum Gasteiger partial charge on any atom is 0.226 e. The Kier molecular flexibility index (Phi) is 3.79. The first-order chi connectivity index (χ1) is 11.7. The Balaban J connectivity index is 1.54. The van der Waals surface area contributed by atoms with Crippen molar-refractivity contribution in [1.82, 2.24) is 14.5 Å². The van der Waals surface area contributed by atoms with Gasteiger partial charge in [-0.25, -0.2) is 4.98 Å². The maximum absolute atomic E-state index is 12.5. The zero-order chi connectivity index (χ0) is 16.7. The van der Waals surface area contributed by atoms with Crippen molar-refractivity contribution >= 4 is 5.91 Å². The SMILES string of the molecule is COc1ccc(-c2cnc3n2CCN(C(=O)[C@@H]2C[C@H]2C)CC3)cc1. The summed E-state index contributed by atoms with van der Waals surface area (Å²) in [6, 6.07) is 8.05. The number of carbonyl (C=O) groups is 1. The number of hydrogen-bond acceptors (Lipinski definition) is 3. The molecule has 1 fully saturated rings. The van der Waals surface area contributed by atoms with Gasteiger partial charge in [0.25, 0.3) is 0 Å². The first-order valence-electron chi connectivity index (χ1n) is 8.65. The number of methoxy groups -OCH3 is 1. The summed E-state index contributed by atoms with van der Waals surface area (Å²) in [4.78, 5) is 19.1. The molecule has 0 N–H and O–H groups in total. The van der Waals surface area contributed by atoms with E-state index in [4.69, 9.17) is 4.74 Å². The minimum absolute atomic E-state index is 0.261. The van der Waals surface area contributed by atoms with E-state index in [1.807, 2.05) is 23.2 Å². The van der Waals surface area contributed by atoms with Crippen LogP contribution in [0.4, 0.5) is 0 Å². The second-order valence-electron chi connectivity index (χ2n) is 6.83. The van der Waals surface area contributed by atoms with E-state index in [1.54, 1.807) is 7.11 Å². The highest BCUT2D eigenvalue weighted by molar-refractivity contribution is 5.81. The fraction of sp³-hybridized carbons (Fsp3) is 0.474. The highest BCUT2D eigenvalue weighted by Crippen LogP contribution is 2.39. The summed E-state index contributed by atoms with van der Waals surface area (Å²) in [5.74, 6) is 3.08. The molecule has 2 aromatic rings. The average molecular weight is 325 g/mol. The van der Waals surface area contributed by atoms with Crippen LogP contribution in [0.15, 0.2) is 30.5 Å². The van der Waals surface area contributed by atoms with Crippen molar-refractivity contribution in [2.24, 2.45) is 11.8 Å². The lowest BCUT2D eigenvalue weighted by Crippen LogP contribution is -2.35. The Morgan fingerprint density at radius 2 is 1.96 bits per heavy atom. The summed E-state index contributed by atoms with van der Waals surface area (Å²) in [7, 11) is 1.67. The predicted molar refractivity (Wildman–Crippen MR) is 91.8 cm³/mol. The lowest BCUT2D eigenvalue weighted by Gasteiger charge is -2.20. The van der Waals surface area contributed by atoms with Crippen molar-refractivity contribution in [3.8, 4) is 17.0 Å². The Hall–Kier alpha value is -2.30. The minimum Gasteiger partial charge on any atom is -0.497 e. The normalized spacial score (nSPS) is 22.7. The molecule has 126 valence electrons. The van der Waals surface area contributed by atoms with Crippen molar-refractivity contribution in [3.05, 3.63) is 36.3 Å². The highest BCUT2D eigenvalue weighted by Gasteiger charge is 2.41. The van der Waals surface area contributed by atoms with E-state index in [2.05, 4.69) is 28.6 Å². The highest BCUT2D eigenvalue weighted by atomic mass is 16.5. The molecule has 1 amide bonds. The Bertz CT molecular complexity index is 750. The van der Waals surface area contributed by atoms with E-state index in [1.165, 1.54) is 0 Å². The van der Waals surface area contributed by atoms with Crippen LogP contribution < -0.4 is 4.74 Å². The molecule has 5 nitrogen and oxygen atoms in total. The molecule has 0 spiro atoms. The van der Waals surface area contributed by atoms with Gasteiger partial charge in [0, 0.05) is 37.5 Å². The van der Waals surface area contributed by atoms with Gasteiger partial charge in [0.2, 0.25) is 5.91 Å². The van der Waals surface area contributed by atoms with Gasteiger partial charge in [-0.05, 0) is 36.6 Å². The monoisotopic (exact) mass is 325 g/mol. The molecule has 1 saturated carbocycles. The maximum atomic E-state index is 12.5. The first kappa shape index (κ1) is 15.2. The third kappa shape index (κ3) is 2.68. The molecule has 0 saturated heterocycles. The van der Waals surface area contributed by atoms with Crippen molar-refractivity contribution in [1.29, 1.82) is 0 Å². The number of carbonyl (C=O) groups excluding carboxylic acids is 1. The number of benzene rings is 1.